The van der Waals surface area contributed by atoms with Gasteiger partial charge in [-0.05, 0) is 49.8 Å². The minimum absolute atomic E-state index is 0.141. The molecule has 2 fully saturated rings. The van der Waals surface area contributed by atoms with Gasteiger partial charge in [-0.15, -0.1) is 0 Å². The Balaban J connectivity index is 1.48. The molecule has 0 aliphatic carbocycles. The molecule has 1 aromatic rings. The number of aryl methyl sites for hydroxylation is 1. The number of nitrogens with zero attached hydrogens (tertiary/aromatic N) is 1. The normalized spacial score (nSPS) is 25.8. The van der Waals surface area contributed by atoms with Crippen LogP contribution in [0.3, 0.4) is 0 Å². The Kier molecular flexibility index (Phi) is 5.33. The summed E-state index contributed by atoms with van der Waals surface area (Å²) in [6.07, 6.45) is 5.56. The summed E-state index contributed by atoms with van der Waals surface area (Å²) < 4.78 is 28.6. The lowest BCUT2D eigenvalue weighted by molar-refractivity contribution is -0.132. The molecule has 2 bridgehead atoms. The topological polar surface area (TPSA) is 41.6 Å². The number of nitrogens with one attached hydrogen (secondary N) is 1. The van der Waals surface area contributed by atoms with Gasteiger partial charge in [0.15, 0.2) is 0 Å². The van der Waals surface area contributed by atoms with E-state index in [2.05, 4.69) is 10.1 Å². The maximum Gasteiger partial charge on any atom is 0.387 e. The van der Waals surface area contributed by atoms with Crippen LogP contribution in [0, 0.1) is 0 Å². The molecule has 0 radical (unpaired) electrons. The van der Waals surface area contributed by atoms with Gasteiger partial charge in [-0.25, -0.2) is 0 Å². The van der Waals surface area contributed by atoms with E-state index in [-0.39, 0.29) is 11.7 Å². The number of hydrogen-bond donors (Lipinski definition) is 1. The summed E-state index contributed by atoms with van der Waals surface area (Å²) in [7, 11) is 1.90. The number of hydrogen-bond acceptors (Lipinski definition) is 3. The van der Waals surface area contributed by atoms with E-state index in [9.17, 15) is 13.6 Å². The molecule has 4 nitrogen and oxygen atoms in total. The molecule has 0 spiro atoms. The highest BCUT2D eigenvalue weighted by Crippen LogP contribution is 2.29. The number of carbonyl (C=O) groups excluding carboxylic acids is 1. The van der Waals surface area contributed by atoms with Crippen LogP contribution in [0.5, 0.6) is 5.75 Å². The van der Waals surface area contributed by atoms with Crippen LogP contribution < -0.4 is 10.1 Å². The van der Waals surface area contributed by atoms with Crippen LogP contribution in [0.25, 0.3) is 0 Å². The second kappa shape index (κ2) is 7.47. The second-order valence-electron chi connectivity index (χ2n) is 6.79. The summed E-state index contributed by atoms with van der Waals surface area (Å²) in [6.45, 7) is -2.81. The van der Waals surface area contributed by atoms with E-state index < -0.39 is 6.61 Å². The zero-order chi connectivity index (χ0) is 17.1. The molecule has 2 aliphatic heterocycles. The number of alkyl halides is 2. The molecule has 2 heterocycles. The maximum atomic E-state index is 12.4. The number of fused-ring (bicyclic) bond motifs is 2. The Hall–Kier alpha value is -1.69. The van der Waals surface area contributed by atoms with Gasteiger partial charge in [0.25, 0.3) is 0 Å². The Labute approximate surface area is 141 Å². The van der Waals surface area contributed by atoms with Crippen LogP contribution in [0.4, 0.5) is 8.78 Å². The molecule has 6 heteroatoms. The van der Waals surface area contributed by atoms with Gasteiger partial charge >= 0.3 is 6.61 Å². The second-order valence-corrected chi connectivity index (χ2v) is 6.79. The fourth-order valence-electron chi connectivity index (χ4n) is 3.81. The van der Waals surface area contributed by atoms with Crippen molar-refractivity contribution in [1.82, 2.24) is 10.2 Å². The summed E-state index contributed by atoms with van der Waals surface area (Å²) in [5.74, 6) is 0.289. The van der Waals surface area contributed by atoms with Crippen molar-refractivity contribution in [3.8, 4) is 5.75 Å². The van der Waals surface area contributed by atoms with Crippen LogP contribution in [0.2, 0.25) is 0 Å². The van der Waals surface area contributed by atoms with Crippen LogP contribution >= 0.6 is 0 Å². The lowest BCUT2D eigenvalue weighted by Crippen LogP contribution is -2.48. The van der Waals surface area contributed by atoms with Gasteiger partial charge < -0.3 is 15.0 Å². The van der Waals surface area contributed by atoms with Crippen molar-refractivity contribution >= 4 is 5.91 Å². The van der Waals surface area contributed by atoms with E-state index in [0.29, 0.717) is 31.0 Å². The first kappa shape index (κ1) is 17.1. The van der Waals surface area contributed by atoms with E-state index in [4.69, 9.17) is 0 Å². The highest BCUT2D eigenvalue weighted by molar-refractivity contribution is 5.76. The number of halogens is 2. The summed E-state index contributed by atoms with van der Waals surface area (Å²) in [5, 5.41) is 3.59. The van der Waals surface area contributed by atoms with E-state index >= 15 is 0 Å². The number of amides is 1. The number of carbonyl (C=O) groups is 1. The quantitative estimate of drug-likeness (QED) is 0.867. The molecule has 0 aromatic heterocycles. The van der Waals surface area contributed by atoms with E-state index in [0.717, 1.165) is 18.4 Å². The predicted molar refractivity (Wildman–Crippen MR) is 87.1 cm³/mol. The Bertz CT molecular complexity index is 553. The summed E-state index contributed by atoms with van der Waals surface area (Å²) in [6, 6.07) is 7.95. The predicted octanol–water partition coefficient (Wildman–Crippen LogP) is 2.96. The van der Waals surface area contributed by atoms with Crippen LogP contribution in [0.15, 0.2) is 24.3 Å². The molecule has 2 aliphatic rings. The highest BCUT2D eigenvalue weighted by atomic mass is 19.3. The van der Waals surface area contributed by atoms with Crippen LogP contribution in [-0.4, -0.2) is 42.6 Å². The van der Waals surface area contributed by atoms with Gasteiger partial charge in [0, 0.05) is 31.6 Å². The molecular formula is C18H24F2N2O2. The lowest BCUT2D eigenvalue weighted by Gasteiger charge is -2.35. The molecule has 132 valence electrons. The average Bonchev–Trinajstić information content (AvgIpc) is 2.90. The van der Waals surface area contributed by atoms with Crippen molar-refractivity contribution in [3.63, 3.8) is 0 Å². The molecule has 2 unspecified atom stereocenters. The van der Waals surface area contributed by atoms with Gasteiger partial charge in [-0.2, -0.15) is 8.78 Å². The highest BCUT2D eigenvalue weighted by Gasteiger charge is 2.36. The first-order chi connectivity index (χ1) is 11.5. The molecule has 2 atom stereocenters. The molecule has 3 rings (SSSR count). The Morgan fingerprint density at radius 1 is 1.25 bits per heavy atom. The number of ether oxygens (including phenoxy) is 1. The van der Waals surface area contributed by atoms with Crippen molar-refractivity contribution in [2.45, 2.75) is 63.3 Å². The molecule has 1 N–H and O–H groups in total. The number of piperidine rings is 1. The van der Waals surface area contributed by atoms with Gasteiger partial charge in [0.2, 0.25) is 5.91 Å². The molecule has 1 aromatic carbocycles. The van der Waals surface area contributed by atoms with E-state index in [1.165, 1.54) is 25.0 Å². The molecular weight excluding hydrogens is 314 g/mol. The van der Waals surface area contributed by atoms with Crippen molar-refractivity contribution in [1.29, 1.82) is 0 Å². The summed E-state index contributed by atoms with van der Waals surface area (Å²) in [5.41, 5.74) is 0.948. The first-order valence-corrected chi connectivity index (χ1v) is 8.56. The Morgan fingerprint density at radius 2 is 1.88 bits per heavy atom. The van der Waals surface area contributed by atoms with Crippen molar-refractivity contribution in [2.24, 2.45) is 0 Å². The smallest absolute Gasteiger partial charge is 0.387 e. The maximum absolute atomic E-state index is 12.4. The lowest BCUT2D eigenvalue weighted by atomic mass is 9.98. The zero-order valence-corrected chi connectivity index (χ0v) is 13.9. The van der Waals surface area contributed by atoms with Gasteiger partial charge in [-0.1, -0.05) is 12.1 Å². The fraction of sp³-hybridized carbons (Fsp3) is 0.611. The van der Waals surface area contributed by atoms with Crippen LogP contribution in [0.1, 0.15) is 37.7 Å². The zero-order valence-electron chi connectivity index (χ0n) is 13.9. The minimum atomic E-state index is -2.81. The van der Waals surface area contributed by atoms with Gasteiger partial charge in [0.05, 0.1) is 0 Å². The molecule has 24 heavy (non-hydrogen) atoms. The van der Waals surface area contributed by atoms with E-state index in [1.54, 1.807) is 12.1 Å². The third kappa shape index (κ3) is 4.23. The van der Waals surface area contributed by atoms with Gasteiger partial charge in [0.1, 0.15) is 5.75 Å². The summed E-state index contributed by atoms with van der Waals surface area (Å²) >= 11 is 0. The number of benzene rings is 1. The standard InChI is InChI=1S/C18H24F2N2O2/c1-22(15-10-13-5-6-14(11-15)21-13)17(23)9-4-12-2-7-16(8-3-12)24-18(19)20/h2-3,7-8,13-15,18,21H,4-6,9-11H2,1H3. The van der Waals surface area contributed by atoms with Crippen LogP contribution in [-0.2, 0) is 11.2 Å². The number of rotatable bonds is 6. The fourth-order valence-corrected chi connectivity index (χ4v) is 3.81. The minimum Gasteiger partial charge on any atom is -0.435 e. The van der Waals surface area contributed by atoms with Gasteiger partial charge in [-0.3, -0.25) is 4.79 Å². The molecule has 0 saturated carbocycles. The van der Waals surface area contributed by atoms with Crippen molar-refractivity contribution in [3.05, 3.63) is 29.8 Å². The first-order valence-electron chi connectivity index (χ1n) is 8.56. The molecule has 2 saturated heterocycles. The largest absolute Gasteiger partial charge is 0.435 e. The monoisotopic (exact) mass is 338 g/mol. The van der Waals surface area contributed by atoms with Crippen molar-refractivity contribution < 1.29 is 18.3 Å². The summed E-state index contributed by atoms with van der Waals surface area (Å²) in [4.78, 5) is 14.3. The SMILES string of the molecule is CN(C(=O)CCc1ccc(OC(F)F)cc1)C1CC2CCC(C1)N2. The average molecular weight is 338 g/mol. The van der Waals surface area contributed by atoms with E-state index in [1.807, 2.05) is 11.9 Å². The van der Waals surface area contributed by atoms with Crippen molar-refractivity contribution in [2.75, 3.05) is 7.05 Å². The molecule has 1 amide bonds. The third-order valence-electron chi connectivity index (χ3n) is 5.17. The Morgan fingerprint density at radius 3 is 2.46 bits per heavy atom. The third-order valence-corrected chi connectivity index (χ3v) is 5.17.